The molecule has 1 aliphatic carbocycles. The van der Waals surface area contributed by atoms with Gasteiger partial charge in [0.05, 0.1) is 6.54 Å². The number of H-pyrrole nitrogens is 1. The van der Waals surface area contributed by atoms with Crippen molar-refractivity contribution in [3.05, 3.63) is 57.7 Å². The van der Waals surface area contributed by atoms with Crippen LogP contribution in [0.1, 0.15) is 68.4 Å². The van der Waals surface area contributed by atoms with Crippen molar-refractivity contribution in [2.75, 3.05) is 17.2 Å². The first kappa shape index (κ1) is 20.6. The summed E-state index contributed by atoms with van der Waals surface area (Å²) in [5.74, 6) is 0.102. The molecule has 1 aromatic carbocycles. The van der Waals surface area contributed by atoms with Crippen molar-refractivity contribution < 1.29 is 18.9 Å². The maximum atomic E-state index is 13.3. The van der Waals surface area contributed by atoms with E-state index in [1.165, 1.54) is 0 Å². The lowest BCUT2D eigenvalue weighted by Crippen LogP contribution is -2.37. The summed E-state index contributed by atoms with van der Waals surface area (Å²) < 4.78 is 5.44. The molecule has 4 heterocycles. The molecule has 0 radical (unpaired) electrons. The quantitative estimate of drug-likeness (QED) is 0.550. The minimum Gasteiger partial charge on any atom is -0.360 e. The Kier molecular flexibility index (Phi) is 4.93. The van der Waals surface area contributed by atoms with Crippen molar-refractivity contribution in [3.63, 3.8) is 0 Å². The highest BCUT2D eigenvalue weighted by Crippen LogP contribution is 2.29. The smallest absolute Gasteiger partial charge is 0.278 e. The Morgan fingerprint density at radius 3 is 2.82 bits per heavy atom. The molecule has 0 spiro atoms. The minimum atomic E-state index is -0.392. The van der Waals surface area contributed by atoms with Gasteiger partial charge in [-0.15, -0.1) is 0 Å². The summed E-state index contributed by atoms with van der Waals surface area (Å²) in [6, 6.07) is 5.38. The number of nitrogens with zero attached hydrogens (tertiary/aromatic N) is 3. The van der Waals surface area contributed by atoms with Crippen molar-refractivity contribution in [1.82, 2.24) is 20.3 Å². The summed E-state index contributed by atoms with van der Waals surface area (Å²) in [4.78, 5) is 39.6. The molecule has 10 nitrogen and oxygen atoms in total. The maximum absolute atomic E-state index is 13.3. The van der Waals surface area contributed by atoms with Crippen molar-refractivity contribution in [1.29, 1.82) is 0 Å². The van der Waals surface area contributed by atoms with E-state index < -0.39 is 5.91 Å². The molecule has 34 heavy (non-hydrogen) atoms. The first-order valence-corrected chi connectivity index (χ1v) is 11.6. The number of aryl methyl sites for hydroxylation is 2. The van der Waals surface area contributed by atoms with Crippen LogP contribution in [-0.4, -0.2) is 44.5 Å². The van der Waals surface area contributed by atoms with Crippen LogP contribution < -0.4 is 10.6 Å². The average Bonchev–Trinajstić information content (AvgIpc) is 3.48. The van der Waals surface area contributed by atoms with Gasteiger partial charge in [-0.25, -0.2) is 0 Å². The number of hydrogen-bond acceptors (Lipinski definition) is 6. The molecule has 3 amide bonds. The highest BCUT2D eigenvalue weighted by Gasteiger charge is 2.32. The molecule has 0 atom stereocenters. The van der Waals surface area contributed by atoms with Crippen molar-refractivity contribution >= 4 is 29.1 Å². The van der Waals surface area contributed by atoms with Crippen molar-refractivity contribution in [2.45, 2.75) is 51.5 Å². The Labute approximate surface area is 195 Å². The van der Waals surface area contributed by atoms with E-state index in [0.717, 1.165) is 48.2 Å². The van der Waals surface area contributed by atoms with E-state index in [0.29, 0.717) is 48.5 Å². The highest BCUT2D eigenvalue weighted by atomic mass is 16.5. The van der Waals surface area contributed by atoms with Crippen LogP contribution in [0.3, 0.4) is 0 Å². The molecule has 0 fully saturated rings. The Bertz CT molecular complexity index is 1320. The normalized spacial score (nSPS) is 16.8. The predicted octanol–water partition coefficient (Wildman–Crippen LogP) is 2.61. The standard InChI is InChI=1S/C24H24N6O4/c31-20-8-5-13-11-14(6-7-17(13)26-20)25-23(32)21-16-12-30(10-9-19(16)34-29-21)24(33)22-15-3-1-2-4-18(15)27-28-22/h6-7,11H,1-5,8-10,12H2,(H,25,32)(H,26,31)(H,27,28). The number of aromatic amines is 1. The van der Waals surface area contributed by atoms with Crippen LogP contribution in [0.15, 0.2) is 22.7 Å². The van der Waals surface area contributed by atoms with Crippen LogP contribution in [0, 0.1) is 0 Å². The van der Waals surface area contributed by atoms with E-state index in [9.17, 15) is 14.4 Å². The molecular formula is C24H24N6O4. The van der Waals surface area contributed by atoms with Gasteiger partial charge in [-0.3, -0.25) is 19.5 Å². The summed E-state index contributed by atoms with van der Waals surface area (Å²) in [5, 5.41) is 17.1. The number of carbonyl (C=O) groups is 3. The van der Waals surface area contributed by atoms with Crippen LogP contribution in [0.25, 0.3) is 0 Å². The second kappa shape index (κ2) is 8.12. The van der Waals surface area contributed by atoms with E-state index in [1.807, 2.05) is 6.07 Å². The van der Waals surface area contributed by atoms with Crippen LogP contribution in [0.5, 0.6) is 0 Å². The highest BCUT2D eigenvalue weighted by molar-refractivity contribution is 6.04. The Morgan fingerprint density at radius 1 is 1.03 bits per heavy atom. The van der Waals surface area contributed by atoms with Crippen LogP contribution in [0.2, 0.25) is 0 Å². The van der Waals surface area contributed by atoms with Crippen LogP contribution >= 0.6 is 0 Å². The fourth-order valence-corrected chi connectivity index (χ4v) is 5.02. The first-order valence-electron chi connectivity index (χ1n) is 11.6. The van der Waals surface area contributed by atoms with Gasteiger partial charge in [-0.2, -0.15) is 5.10 Å². The number of anilines is 2. The first-order chi connectivity index (χ1) is 16.6. The van der Waals surface area contributed by atoms with E-state index in [-0.39, 0.29) is 24.1 Å². The van der Waals surface area contributed by atoms with Gasteiger partial charge in [0.1, 0.15) is 5.76 Å². The van der Waals surface area contributed by atoms with E-state index in [1.54, 1.807) is 17.0 Å². The topological polar surface area (TPSA) is 133 Å². The summed E-state index contributed by atoms with van der Waals surface area (Å²) in [6.45, 7) is 0.735. The Balaban J connectivity index is 1.20. The SMILES string of the molecule is O=C1CCc2cc(NC(=O)c3noc4c3CN(C(=O)c3n[nH]c5c3CCCC5)CC4)ccc2N1. The fourth-order valence-electron chi connectivity index (χ4n) is 5.02. The second-order valence-corrected chi connectivity index (χ2v) is 9.02. The summed E-state index contributed by atoms with van der Waals surface area (Å²) in [5.41, 5.74) is 5.73. The van der Waals surface area contributed by atoms with E-state index >= 15 is 0 Å². The molecule has 0 saturated carbocycles. The number of nitrogens with one attached hydrogen (secondary N) is 3. The number of carbonyl (C=O) groups excluding carboxylic acids is 3. The van der Waals surface area contributed by atoms with Crippen molar-refractivity contribution in [3.8, 4) is 0 Å². The van der Waals surface area contributed by atoms with Gasteiger partial charge >= 0.3 is 0 Å². The molecule has 0 unspecified atom stereocenters. The summed E-state index contributed by atoms with van der Waals surface area (Å²) in [6.07, 6.45) is 5.48. The zero-order chi connectivity index (χ0) is 23.2. The largest absolute Gasteiger partial charge is 0.360 e. The molecular weight excluding hydrogens is 436 g/mol. The molecule has 0 bridgehead atoms. The van der Waals surface area contributed by atoms with E-state index in [4.69, 9.17) is 4.52 Å². The van der Waals surface area contributed by atoms with Gasteiger partial charge in [-0.1, -0.05) is 5.16 Å². The molecule has 10 heteroatoms. The number of fused-ring (bicyclic) bond motifs is 3. The molecule has 2 aliphatic heterocycles. The summed E-state index contributed by atoms with van der Waals surface area (Å²) in [7, 11) is 0. The second-order valence-electron chi connectivity index (χ2n) is 9.02. The molecule has 3 aromatic rings. The minimum absolute atomic E-state index is 0.00652. The number of amides is 3. The third kappa shape index (κ3) is 3.55. The number of benzene rings is 1. The number of hydrogen-bond donors (Lipinski definition) is 3. The Hall–Kier alpha value is -3.95. The lowest BCUT2D eigenvalue weighted by molar-refractivity contribution is -0.116. The molecule has 0 saturated heterocycles. The molecule has 3 aliphatic rings. The molecule has 174 valence electrons. The van der Waals surface area contributed by atoms with E-state index in [2.05, 4.69) is 26.0 Å². The lowest BCUT2D eigenvalue weighted by atomic mass is 9.95. The van der Waals surface area contributed by atoms with Gasteiger partial charge in [-0.05, 0) is 55.9 Å². The van der Waals surface area contributed by atoms with Gasteiger partial charge < -0.3 is 20.1 Å². The molecule has 2 aromatic heterocycles. The monoisotopic (exact) mass is 460 g/mol. The molecule has 6 rings (SSSR count). The fraction of sp³-hybridized carbons (Fsp3) is 0.375. The van der Waals surface area contributed by atoms with Crippen LogP contribution in [0.4, 0.5) is 11.4 Å². The zero-order valence-corrected chi connectivity index (χ0v) is 18.6. The van der Waals surface area contributed by atoms with Crippen LogP contribution in [-0.2, 0) is 37.0 Å². The molecule has 3 N–H and O–H groups in total. The number of aromatic nitrogens is 3. The average molecular weight is 460 g/mol. The van der Waals surface area contributed by atoms with Gasteiger partial charge in [0.2, 0.25) is 5.91 Å². The number of rotatable bonds is 3. The maximum Gasteiger partial charge on any atom is 0.278 e. The lowest BCUT2D eigenvalue weighted by Gasteiger charge is -2.26. The van der Waals surface area contributed by atoms with Gasteiger partial charge in [0.15, 0.2) is 11.4 Å². The zero-order valence-electron chi connectivity index (χ0n) is 18.6. The third-order valence-electron chi connectivity index (χ3n) is 6.85. The van der Waals surface area contributed by atoms with Crippen molar-refractivity contribution in [2.24, 2.45) is 0 Å². The third-order valence-corrected chi connectivity index (χ3v) is 6.85. The van der Waals surface area contributed by atoms with Gasteiger partial charge in [0.25, 0.3) is 11.8 Å². The van der Waals surface area contributed by atoms with Gasteiger partial charge in [0, 0.05) is 47.6 Å². The predicted molar refractivity (Wildman–Crippen MR) is 122 cm³/mol. The Morgan fingerprint density at radius 2 is 1.91 bits per heavy atom. The summed E-state index contributed by atoms with van der Waals surface area (Å²) >= 11 is 0.